The molecule has 2 fully saturated rings. The van der Waals surface area contributed by atoms with Crippen molar-refractivity contribution < 1.29 is 13.2 Å². The molecule has 0 unspecified atom stereocenters. The molecular weight excluding hydrogens is 526 g/mol. The molecule has 0 bridgehead atoms. The van der Waals surface area contributed by atoms with Crippen molar-refractivity contribution in [1.29, 1.82) is 0 Å². The van der Waals surface area contributed by atoms with Crippen LogP contribution in [0.2, 0.25) is 0 Å². The molecule has 2 saturated carbocycles. The summed E-state index contributed by atoms with van der Waals surface area (Å²) in [5, 5.41) is 6.27. The van der Waals surface area contributed by atoms with Gasteiger partial charge in [-0.25, -0.2) is 8.42 Å². The highest BCUT2D eigenvalue weighted by Gasteiger charge is 2.36. The number of aliphatic imine (C=N–C) groups is 1. The van der Waals surface area contributed by atoms with Gasteiger partial charge in [-0.1, -0.05) is 68.4 Å². The van der Waals surface area contributed by atoms with E-state index in [0.29, 0.717) is 36.1 Å². The predicted molar refractivity (Wildman–Crippen MR) is 163 cm³/mol. The van der Waals surface area contributed by atoms with Gasteiger partial charge in [0.05, 0.1) is 21.9 Å². The van der Waals surface area contributed by atoms with Crippen molar-refractivity contribution in [3.8, 4) is 5.75 Å². The standard InChI is InChI=1S/C31H33N3O3S2/c1-3-28(31(38-4-2)22-14-19-30(32-21-20-22)33-23-10-6-5-7-11-23)37-29-18-17-27(25-12-8-9-13-26(25)29)34-39(35,36)24-15-16-24/h3-4,8-9,12-13,17-21,23-24,34H,1-2,5-7,10-11,15-16H2,(H,32,33)/b31-28+. The first-order valence-electron chi connectivity index (χ1n) is 13.3. The summed E-state index contributed by atoms with van der Waals surface area (Å²) in [6.07, 6.45) is 14.8. The zero-order valence-corrected chi connectivity index (χ0v) is 23.5. The van der Waals surface area contributed by atoms with Gasteiger partial charge in [0.1, 0.15) is 17.3 Å². The fourth-order valence-electron chi connectivity index (χ4n) is 4.77. The van der Waals surface area contributed by atoms with Gasteiger partial charge >= 0.3 is 0 Å². The highest BCUT2D eigenvalue weighted by Crippen LogP contribution is 2.38. The van der Waals surface area contributed by atoms with Crippen LogP contribution in [0.25, 0.3) is 10.8 Å². The summed E-state index contributed by atoms with van der Waals surface area (Å²) in [7, 11) is -3.39. The third-order valence-corrected chi connectivity index (χ3v) is 9.59. The zero-order chi connectivity index (χ0) is 27.2. The van der Waals surface area contributed by atoms with Crippen molar-refractivity contribution >= 4 is 44.1 Å². The second kappa shape index (κ2) is 12.2. The molecule has 6 nitrogen and oxygen atoms in total. The van der Waals surface area contributed by atoms with E-state index in [9.17, 15) is 8.42 Å². The predicted octanol–water partition coefficient (Wildman–Crippen LogP) is 7.33. The fourth-order valence-corrected chi connectivity index (χ4v) is 6.84. The molecule has 3 aliphatic rings. The number of ether oxygens (including phenoxy) is 1. The second-order valence-corrected chi connectivity index (χ2v) is 12.7. The van der Waals surface area contributed by atoms with Crippen LogP contribution in [0.5, 0.6) is 5.75 Å². The SMILES string of the molecule is C=CS/C(C1=C=CC(=NC2CCCCC2)NC=C1)=C(\C=C)Oc1ccc(NS(=O)(=O)C2CC2)c2ccccc12. The lowest BCUT2D eigenvalue weighted by Crippen LogP contribution is -2.19. The quantitative estimate of drug-likeness (QED) is 0.181. The van der Waals surface area contributed by atoms with Crippen LogP contribution < -0.4 is 14.8 Å². The van der Waals surface area contributed by atoms with Gasteiger partial charge in [-0.15, -0.1) is 5.73 Å². The smallest absolute Gasteiger partial charge is 0.235 e. The first-order chi connectivity index (χ1) is 19.0. The molecule has 2 N–H and O–H groups in total. The second-order valence-electron chi connectivity index (χ2n) is 9.77. The molecule has 0 atom stereocenters. The summed E-state index contributed by atoms with van der Waals surface area (Å²) in [5.41, 5.74) is 4.73. The van der Waals surface area contributed by atoms with Crippen LogP contribution in [-0.4, -0.2) is 25.5 Å². The van der Waals surface area contributed by atoms with Crippen LogP contribution in [0.4, 0.5) is 5.69 Å². The highest BCUT2D eigenvalue weighted by molar-refractivity contribution is 8.06. The minimum absolute atomic E-state index is 0.308. The third kappa shape index (κ3) is 6.59. The lowest BCUT2D eigenvalue weighted by Gasteiger charge is -2.18. The minimum Gasteiger partial charge on any atom is -0.456 e. The number of benzene rings is 2. The van der Waals surface area contributed by atoms with Crippen LogP contribution >= 0.6 is 11.8 Å². The van der Waals surface area contributed by atoms with Gasteiger partial charge in [-0.2, -0.15) is 0 Å². The monoisotopic (exact) mass is 559 g/mol. The number of rotatable bonds is 10. The Morgan fingerprint density at radius 3 is 2.56 bits per heavy atom. The summed E-state index contributed by atoms with van der Waals surface area (Å²) in [5.74, 6) is 1.94. The van der Waals surface area contributed by atoms with Crippen molar-refractivity contribution in [2.24, 2.45) is 4.99 Å². The van der Waals surface area contributed by atoms with Crippen molar-refractivity contribution in [3.05, 3.63) is 101 Å². The van der Waals surface area contributed by atoms with Crippen LogP contribution in [0, 0.1) is 0 Å². The van der Waals surface area contributed by atoms with Crippen LogP contribution in [0.1, 0.15) is 44.9 Å². The Morgan fingerprint density at radius 2 is 1.85 bits per heavy atom. The summed E-state index contributed by atoms with van der Waals surface area (Å²) < 4.78 is 34.4. The summed E-state index contributed by atoms with van der Waals surface area (Å²) >= 11 is 1.42. The van der Waals surface area contributed by atoms with Gasteiger partial charge in [0.15, 0.2) is 0 Å². The summed E-state index contributed by atoms with van der Waals surface area (Å²) in [6.45, 7) is 7.92. The van der Waals surface area contributed by atoms with Gasteiger partial charge < -0.3 is 10.1 Å². The van der Waals surface area contributed by atoms with Crippen LogP contribution in [0.15, 0.2) is 106 Å². The first kappa shape index (κ1) is 27.1. The number of hydrogen-bond donors (Lipinski definition) is 2. The van der Waals surface area contributed by atoms with Crippen molar-refractivity contribution in [1.82, 2.24) is 5.32 Å². The number of hydrogen-bond acceptors (Lipinski definition) is 5. The molecule has 0 radical (unpaired) electrons. The van der Waals surface area contributed by atoms with Crippen LogP contribution in [0.3, 0.4) is 0 Å². The number of thioether (sulfide) groups is 1. The highest BCUT2D eigenvalue weighted by atomic mass is 32.2. The Balaban J connectivity index is 1.49. The average Bonchev–Trinajstić information content (AvgIpc) is 3.81. The maximum absolute atomic E-state index is 12.6. The van der Waals surface area contributed by atoms with Gasteiger partial charge in [0, 0.05) is 28.6 Å². The van der Waals surface area contributed by atoms with E-state index in [4.69, 9.17) is 9.73 Å². The van der Waals surface area contributed by atoms with Crippen molar-refractivity contribution in [2.75, 3.05) is 4.72 Å². The number of anilines is 1. The maximum Gasteiger partial charge on any atom is 0.235 e. The molecule has 0 saturated heterocycles. The average molecular weight is 560 g/mol. The van der Waals surface area contributed by atoms with E-state index in [1.54, 1.807) is 23.6 Å². The van der Waals surface area contributed by atoms with Gasteiger partial charge in [-0.3, -0.25) is 9.71 Å². The molecule has 5 rings (SSSR count). The summed E-state index contributed by atoms with van der Waals surface area (Å²) in [4.78, 5) is 5.69. The number of nitrogens with zero attached hydrogens (tertiary/aromatic N) is 1. The summed E-state index contributed by atoms with van der Waals surface area (Å²) in [6, 6.07) is 11.5. The number of amidine groups is 1. The largest absolute Gasteiger partial charge is 0.456 e. The number of nitrogens with one attached hydrogen (secondary N) is 2. The molecule has 0 spiro atoms. The Labute approximate surface area is 235 Å². The molecular formula is C31H33N3O3S2. The number of sulfonamides is 1. The number of fused-ring (bicyclic) bond motifs is 1. The Morgan fingerprint density at radius 1 is 1.08 bits per heavy atom. The minimum atomic E-state index is -3.39. The Bertz CT molecular complexity index is 1540. The normalized spacial score (nSPS) is 19.6. The fraction of sp³-hybridized carbons (Fsp3) is 0.290. The molecule has 1 aliphatic heterocycles. The van der Waals surface area contributed by atoms with E-state index >= 15 is 0 Å². The van der Waals surface area contributed by atoms with E-state index in [2.05, 4.69) is 28.9 Å². The van der Waals surface area contributed by atoms with Gasteiger partial charge in [0.2, 0.25) is 10.0 Å². The molecule has 202 valence electrons. The zero-order valence-electron chi connectivity index (χ0n) is 21.9. The van der Waals surface area contributed by atoms with E-state index in [1.165, 1.54) is 31.0 Å². The topological polar surface area (TPSA) is 79.8 Å². The molecule has 2 aliphatic carbocycles. The van der Waals surface area contributed by atoms with E-state index in [1.807, 2.05) is 42.6 Å². The molecule has 8 heteroatoms. The third-order valence-electron chi connectivity index (χ3n) is 6.92. The lowest BCUT2D eigenvalue weighted by molar-refractivity contribution is 0.443. The molecule has 0 amide bonds. The van der Waals surface area contributed by atoms with Crippen molar-refractivity contribution in [2.45, 2.75) is 56.2 Å². The first-order valence-corrected chi connectivity index (χ1v) is 15.7. The van der Waals surface area contributed by atoms with Gasteiger partial charge in [-0.05, 0) is 55.4 Å². The molecule has 0 aromatic heterocycles. The lowest BCUT2D eigenvalue weighted by atomic mass is 9.96. The van der Waals surface area contributed by atoms with E-state index in [-0.39, 0.29) is 5.25 Å². The molecule has 39 heavy (non-hydrogen) atoms. The van der Waals surface area contributed by atoms with Crippen molar-refractivity contribution in [3.63, 3.8) is 0 Å². The Kier molecular flexibility index (Phi) is 8.46. The Hall–Kier alpha value is -3.45. The number of allylic oxidation sites excluding steroid dienone is 3. The van der Waals surface area contributed by atoms with E-state index in [0.717, 1.165) is 39.9 Å². The van der Waals surface area contributed by atoms with Crippen LogP contribution in [-0.2, 0) is 10.0 Å². The van der Waals surface area contributed by atoms with Gasteiger partial charge in [0.25, 0.3) is 0 Å². The molecule has 1 heterocycles. The van der Waals surface area contributed by atoms with E-state index < -0.39 is 10.0 Å². The molecule has 2 aromatic carbocycles. The molecule has 2 aromatic rings. The maximum atomic E-state index is 12.6.